The first-order valence-corrected chi connectivity index (χ1v) is 8.89. The Morgan fingerprint density at radius 1 is 1.11 bits per heavy atom. The summed E-state index contributed by atoms with van der Waals surface area (Å²) >= 11 is 0. The SMILES string of the molecule is CC1(C)NC(=O)N(CCOC(=O)c2ccc3c(c2)Cc2ccccc2-3)C1=O. The van der Waals surface area contributed by atoms with Crippen LogP contribution in [0, 0.1) is 0 Å². The maximum atomic E-state index is 12.4. The van der Waals surface area contributed by atoms with Gasteiger partial charge in [0.2, 0.25) is 0 Å². The van der Waals surface area contributed by atoms with Crippen LogP contribution in [0.1, 0.15) is 35.3 Å². The molecule has 0 unspecified atom stereocenters. The molecule has 6 heteroatoms. The van der Waals surface area contributed by atoms with Crippen LogP contribution in [-0.4, -0.2) is 41.5 Å². The molecule has 2 aromatic rings. The smallest absolute Gasteiger partial charge is 0.338 e. The number of ether oxygens (including phenoxy) is 1. The lowest BCUT2D eigenvalue weighted by molar-refractivity contribution is -0.130. The van der Waals surface area contributed by atoms with Crippen LogP contribution < -0.4 is 5.32 Å². The van der Waals surface area contributed by atoms with Gasteiger partial charge in [-0.25, -0.2) is 9.59 Å². The molecule has 2 aromatic carbocycles. The van der Waals surface area contributed by atoms with Crippen LogP contribution in [0.3, 0.4) is 0 Å². The summed E-state index contributed by atoms with van der Waals surface area (Å²) in [5, 5.41) is 2.60. The van der Waals surface area contributed by atoms with Gasteiger partial charge in [0.15, 0.2) is 0 Å². The molecule has 0 radical (unpaired) electrons. The third-order valence-electron chi connectivity index (χ3n) is 5.02. The molecule has 6 nitrogen and oxygen atoms in total. The minimum Gasteiger partial charge on any atom is -0.460 e. The number of carbonyl (C=O) groups excluding carboxylic acids is 3. The lowest BCUT2D eigenvalue weighted by Crippen LogP contribution is -2.40. The van der Waals surface area contributed by atoms with Crippen molar-refractivity contribution in [1.82, 2.24) is 10.2 Å². The molecule has 3 amide bonds. The topological polar surface area (TPSA) is 75.7 Å². The third-order valence-corrected chi connectivity index (χ3v) is 5.02. The Hall–Kier alpha value is -3.15. The van der Waals surface area contributed by atoms with E-state index in [1.165, 1.54) is 11.1 Å². The lowest BCUT2D eigenvalue weighted by atomic mass is 10.0. The van der Waals surface area contributed by atoms with E-state index in [1.54, 1.807) is 19.9 Å². The Morgan fingerprint density at radius 3 is 2.59 bits per heavy atom. The number of amides is 3. The molecule has 1 fully saturated rings. The molecular formula is C21H20N2O4. The highest BCUT2D eigenvalue weighted by molar-refractivity contribution is 6.06. The number of rotatable bonds is 4. The third kappa shape index (κ3) is 2.97. The number of carbonyl (C=O) groups is 3. The fourth-order valence-electron chi connectivity index (χ4n) is 3.61. The molecule has 1 saturated heterocycles. The van der Waals surface area contributed by atoms with Gasteiger partial charge in [0.25, 0.3) is 5.91 Å². The first-order valence-electron chi connectivity index (χ1n) is 8.89. The summed E-state index contributed by atoms with van der Waals surface area (Å²) in [6.45, 7) is 3.28. The zero-order chi connectivity index (χ0) is 19.2. The number of benzene rings is 2. The molecule has 0 spiro atoms. The summed E-state index contributed by atoms with van der Waals surface area (Å²) in [6.07, 6.45) is 0.796. The molecule has 1 aliphatic carbocycles. The number of hydrogen-bond donors (Lipinski definition) is 1. The maximum absolute atomic E-state index is 12.4. The predicted molar refractivity (Wildman–Crippen MR) is 99.3 cm³/mol. The molecule has 0 bridgehead atoms. The lowest BCUT2D eigenvalue weighted by Gasteiger charge is -2.16. The zero-order valence-corrected chi connectivity index (χ0v) is 15.2. The zero-order valence-electron chi connectivity index (χ0n) is 15.2. The van der Waals surface area contributed by atoms with Crippen molar-refractivity contribution < 1.29 is 19.1 Å². The maximum Gasteiger partial charge on any atom is 0.338 e. The molecule has 4 rings (SSSR count). The van der Waals surface area contributed by atoms with Crippen molar-refractivity contribution in [2.75, 3.05) is 13.2 Å². The van der Waals surface area contributed by atoms with E-state index in [-0.39, 0.29) is 19.1 Å². The number of nitrogens with one attached hydrogen (secondary N) is 1. The number of urea groups is 1. The Balaban J connectivity index is 1.40. The van der Waals surface area contributed by atoms with Crippen molar-refractivity contribution in [3.63, 3.8) is 0 Å². The van der Waals surface area contributed by atoms with Gasteiger partial charge in [-0.2, -0.15) is 0 Å². The average molecular weight is 364 g/mol. The Morgan fingerprint density at radius 2 is 1.85 bits per heavy atom. The molecule has 0 saturated carbocycles. The van der Waals surface area contributed by atoms with E-state index >= 15 is 0 Å². The number of hydrogen-bond acceptors (Lipinski definition) is 4. The molecule has 27 heavy (non-hydrogen) atoms. The largest absolute Gasteiger partial charge is 0.460 e. The van der Waals surface area contributed by atoms with E-state index in [0.29, 0.717) is 5.56 Å². The normalized spacial score (nSPS) is 16.7. The van der Waals surface area contributed by atoms with Gasteiger partial charge in [-0.1, -0.05) is 30.3 Å². The van der Waals surface area contributed by atoms with Gasteiger partial charge >= 0.3 is 12.0 Å². The number of nitrogens with zero attached hydrogens (tertiary/aromatic N) is 1. The first kappa shape index (κ1) is 17.3. The van der Waals surface area contributed by atoms with Crippen molar-refractivity contribution in [2.45, 2.75) is 25.8 Å². The Labute approximate surface area is 157 Å². The van der Waals surface area contributed by atoms with Gasteiger partial charge in [-0.15, -0.1) is 0 Å². The van der Waals surface area contributed by atoms with Gasteiger partial charge in [-0.05, 0) is 54.7 Å². The number of esters is 1. The van der Waals surface area contributed by atoms with Gasteiger partial charge in [0, 0.05) is 0 Å². The molecular weight excluding hydrogens is 344 g/mol. The second kappa shape index (κ2) is 6.23. The summed E-state index contributed by atoms with van der Waals surface area (Å²) in [6, 6.07) is 13.3. The fraction of sp³-hybridized carbons (Fsp3) is 0.286. The van der Waals surface area contributed by atoms with Gasteiger partial charge in [-0.3, -0.25) is 9.69 Å². The summed E-state index contributed by atoms with van der Waals surface area (Å²) in [4.78, 5) is 37.4. The fourth-order valence-corrected chi connectivity index (χ4v) is 3.61. The molecule has 1 heterocycles. The van der Waals surface area contributed by atoms with Crippen molar-refractivity contribution in [1.29, 1.82) is 0 Å². The van der Waals surface area contributed by atoms with E-state index in [0.717, 1.165) is 22.4 Å². The molecule has 1 N–H and O–H groups in total. The van der Waals surface area contributed by atoms with E-state index in [4.69, 9.17) is 4.74 Å². The van der Waals surface area contributed by atoms with E-state index in [2.05, 4.69) is 17.4 Å². The highest BCUT2D eigenvalue weighted by Crippen LogP contribution is 2.36. The highest BCUT2D eigenvalue weighted by atomic mass is 16.5. The highest BCUT2D eigenvalue weighted by Gasteiger charge is 2.43. The quantitative estimate of drug-likeness (QED) is 0.571. The van der Waals surface area contributed by atoms with Crippen LogP contribution in [0.25, 0.3) is 11.1 Å². The first-order chi connectivity index (χ1) is 12.9. The molecule has 0 atom stereocenters. The van der Waals surface area contributed by atoms with Crippen molar-refractivity contribution in [3.05, 3.63) is 59.2 Å². The minimum absolute atomic E-state index is 0.0363. The standard InChI is InChI=1S/C21H20N2O4/c1-21(2)19(25)23(20(26)22-21)9-10-27-18(24)14-7-8-17-15(12-14)11-13-5-3-4-6-16(13)17/h3-8,12H,9-11H2,1-2H3,(H,22,26). The van der Waals surface area contributed by atoms with E-state index < -0.39 is 17.5 Å². The van der Waals surface area contributed by atoms with Crippen LogP contribution in [0.15, 0.2) is 42.5 Å². The molecule has 1 aliphatic heterocycles. The second-order valence-electron chi connectivity index (χ2n) is 7.35. The summed E-state index contributed by atoms with van der Waals surface area (Å²) < 4.78 is 5.28. The summed E-state index contributed by atoms with van der Waals surface area (Å²) in [5.41, 5.74) is 4.24. The van der Waals surface area contributed by atoms with Crippen LogP contribution in [0.4, 0.5) is 4.79 Å². The number of fused-ring (bicyclic) bond motifs is 3. The summed E-state index contributed by atoms with van der Waals surface area (Å²) in [7, 11) is 0. The second-order valence-corrected chi connectivity index (χ2v) is 7.35. The predicted octanol–water partition coefficient (Wildman–Crippen LogP) is 2.75. The van der Waals surface area contributed by atoms with Crippen LogP contribution >= 0.6 is 0 Å². The van der Waals surface area contributed by atoms with Crippen molar-refractivity contribution >= 4 is 17.9 Å². The molecule has 138 valence electrons. The Kier molecular flexibility index (Phi) is 3.98. The minimum atomic E-state index is -0.921. The molecule has 0 aromatic heterocycles. The monoisotopic (exact) mass is 364 g/mol. The van der Waals surface area contributed by atoms with Gasteiger partial charge < -0.3 is 10.1 Å². The van der Waals surface area contributed by atoms with Crippen molar-refractivity contribution in [3.8, 4) is 11.1 Å². The van der Waals surface area contributed by atoms with E-state index in [1.807, 2.05) is 24.3 Å². The number of imide groups is 1. The van der Waals surface area contributed by atoms with Gasteiger partial charge in [0.1, 0.15) is 12.1 Å². The van der Waals surface area contributed by atoms with Crippen LogP contribution in [-0.2, 0) is 16.0 Å². The Bertz CT molecular complexity index is 964. The van der Waals surface area contributed by atoms with Crippen LogP contribution in [0.5, 0.6) is 0 Å². The molecule has 2 aliphatic rings. The van der Waals surface area contributed by atoms with Crippen LogP contribution in [0.2, 0.25) is 0 Å². The van der Waals surface area contributed by atoms with Crippen molar-refractivity contribution in [2.24, 2.45) is 0 Å². The van der Waals surface area contributed by atoms with Gasteiger partial charge in [0.05, 0.1) is 12.1 Å². The van der Waals surface area contributed by atoms with E-state index in [9.17, 15) is 14.4 Å². The average Bonchev–Trinajstić information content (AvgIpc) is 3.10. The summed E-state index contributed by atoms with van der Waals surface area (Å²) in [5.74, 6) is -0.779.